The molecular formula is C26H25BrN2O5. The number of benzene rings is 3. The van der Waals surface area contributed by atoms with E-state index in [1.54, 1.807) is 0 Å². The minimum Gasteiger partial charge on any atom is -0.473 e. The van der Waals surface area contributed by atoms with E-state index in [0.717, 1.165) is 48.3 Å². The first-order valence-corrected chi connectivity index (χ1v) is 11.5. The first-order chi connectivity index (χ1) is 16.3. The molecule has 0 spiro atoms. The van der Waals surface area contributed by atoms with Crippen molar-refractivity contribution >= 4 is 33.8 Å². The number of piperazine rings is 1. The Labute approximate surface area is 206 Å². The Morgan fingerprint density at radius 2 is 1.24 bits per heavy atom. The summed E-state index contributed by atoms with van der Waals surface area (Å²) in [6.07, 6.45) is 0. The second-order valence-electron chi connectivity index (χ2n) is 7.71. The molecule has 1 aliphatic rings. The highest BCUT2D eigenvalue weighted by Gasteiger charge is 2.22. The largest absolute Gasteiger partial charge is 0.473 e. The van der Waals surface area contributed by atoms with E-state index in [9.17, 15) is 4.79 Å². The van der Waals surface area contributed by atoms with Crippen LogP contribution >= 0.6 is 15.9 Å². The van der Waals surface area contributed by atoms with Gasteiger partial charge < -0.3 is 15.1 Å². The van der Waals surface area contributed by atoms with E-state index in [1.807, 2.05) is 53.4 Å². The number of nitrogens with zero attached hydrogens (tertiary/aromatic N) is 2. The summed E-state index contributed by atoms with van der Waals surface area (Å²) in [6.45, 7) is 4.24. The van der Waals surface area contributed by atoms with Crippen LogP contribution in [0.25, 0.3) is 11.1 Å². The summed E-state index contributed by atoms with van der Waals surface area (Å²) in [4.78, 5) is 35.4. The molecule has 3 aromatic rings. The van der Waals surface area contributed by atoms with Crippen molar-refractivity contribution in [3.63, 3.8) is 0 Å². The van der Waals surface area contributed by atoms with Gasteiger partial charge in [-0.1, -0.05) is 76.6 Å². The number of hydrogen-bond donors (Lipinski definition) is 2. The maximum atomic E-state index is 12.9. The summed E-state index contributed by atoms with van der Waals surface area (Å²) in [5.74, 6) is -3.52. The van der Waals surface area contributed by atoms with E-state index < -0.39 is 11.9 Å². The Morgan fingerprint density at radius 1 is 0.706 bits per heavy atom. The topological polar surface area (TPSA) is 98.1 Å². The predicted octanol–water partition coefficient (Wildman–Crippen LogP) is 4.23. The lowest BCUT2D eigenvalue weighted by Crippen LogP contribution is -2.48. The van der Waals surface area contributed by atoms with Crippen molar-refractivity contribution in [1.29, 1.82) is 0 Å². The van der Waals surface area contributed by atoms with Gasteiger partial charge in [0.15, 0.2) is 0 Å². The van der Waals surface area contributed by atoms with Gasteiger partial charge in [0.1, 0.15) is 0 Å². The molecule has 34 heavy (non-hydrogen) atoms. The van der Waals surface area contributed by atoms with E-state index in [-0.39, 0.29) is 5.91 Å². The van der Waals surface area contributed by atoms with Crippen LogP contribution in [0.4, 0.5) is 0 Å². The van der Waals surface area contributed by atoms with Gasteiger partial charge in [-0.25, -0.2) is 9.59 Å². The predicted molar refractivity (Wildman–Crippen MR) is 132 cm³/mol. The molecule has 0 unspecified atom stereocenters. The molecule has 176 valence electrons. The highest BCUT2D eigenvalue weighted by molar-refractivity contribution is 9.10. The number of carbonyl (C=O) groups excluding carboxylic acids is 1. The fraction of sp³-hybridized carbons (Fsp3) is 0.192. The van der Waals surface area contributed by atoms with Gasteiger partial charge in [-0.15, -0.1) is 0 Å². The number of carboxylic acid groups (broad SMARTS) is 2. The van der Waals surface area contributed by atoms with Crippen LogP contribution in [-0.2, 0) is 16.1 Å². The number of carbonyl (C=O) groups is 3. The van der Waals surface area contributed by atoms with Gasteiger partial charge in [0.05, 0.1) is 0 Å². The van der Waals surface area contributed by atoms with E-state index in [4.69, 9.17) is 19.8 Å². The molecule has 1 amide bonds. The third-order valence-electron chi connectivity index (χ3n) is 5.43. The Balaban J connectivity index is 0.000000481. The SMILES string of the molecule is O=C(O)C(=O)O.O=C(c1ccc(-c2ccccc2)cc1)N1CCN(Cc2ccccc2Br)CC1. The summed E-state index contributed by atoms with van der Waals surface area (Å²) in [5.41, 5.74) is 4.36. The average molecular weight is 525 g/mol. The van der Waals surface area contributed by atoms with Crippen LogP contribution in [0.3, 0.4) is 0 Å². The van der Waals surface area contributed by atoms with Crippen molar-refractivity contribution < 1.29 is 24.6 Å². The molecule has 0 bridgehead atoms. The smallest absolute Gasteiger partial charge is 0.414 e. The van der Waals surface area contributed by atoms with E-state index >= 15 is 0 Å². The Hall–Kier alpha value is -3.49. The minimum absolute atomic E-state index is 0.125. The fourth-order valence-corrected chi connectivity index (χ4v) is 4.01. The second kappa shape index (κ2) is 12.1. The molecule has 2 N–H and O–H groups in total. The van der Waals surface area contributed by atoms with Crippen LogP contribution in [0.5, 0.6) is 0 Å². The summed E-state index contributed by atoms with van der Waals surface area (Å²) in [5, 5.41) is 14.8. The molecule has 0 saturated carbocycles. The molecule has 1 fully saturated rings. The van der Waals surface area contributed by atoms with Crippen LogP contribution in [-0.4, -0.2) is 64.0 Å². The van der Waals surface area contributed by atoms with Crippen LogP contribution in [0.15, 0.2) is 83.3 Å². The molecular weight excluding hydrogens is 500 g/mol. The van der Waals surface area contributed by atoms with Crippen molar-refractivity contribution in [2.75, 3.05) is 26.2 Å². The van der Waals surface area contributed by atoms with Gasteiger partial charge in [0.2, 0.25) is 0 Å². The molecule has 7 nitrogen and oxygen atoms in total. The molecule has 1 saturated heterocycles. The summed E-state index contributed by atoms with van der Waals surface area (Å²) in [6, 6.07) is 26.5. The third-order valence-corrected chi connectivity index (χ3v) is 6.21. The second-order valence-corrected chi connectivity index (χ2v) is 8.57. The Morgan fingerprint density at radius 3 is 1.79 bits per heavy atom. The average Bonchev–Trinajstić information content (AvgIpc) is 2.86. The van der Waals surface area contributed by atoms with Crippen molar-refractivity contribution in [3.8, 4) is 11.1 Å². The molecule has 0 radical (unpaired) electrons. The van der Waals surface area contributed by atoms with Crippen molar-refractivity contribution in [2.24, 2.45) is 0 Å². The van der Waals surface area contributed by atoms with E-state index in [2.05, 4.69) is 51.2 Å². The standard InChI is InChI=1S/C24H23BrN2O.C2H2O4/c25-23-9-5-4-8-22(23)18-26-14-16-27(17-15-26)24(28)21-12-10-20(11-13-21)19-6-2-1-3-7-19;3-1(4)2(5)6/h1-13H,14-18H2;(H,3,4)(H,5,6). The lowest BCUT2D eigenvalue weighted by Gasteiger charge is -2.35. The zero-order valence-electron chi connectivity index (χ0n) is 18.4. The summed E-state index contributed by atoms with van der Waals surface area (Å²) in [7, 11) is 0. The maximum Gasteiger partial charge on any atom is 0.414 e. The summed E-state index contributed by atoms with van der Waals surface area (Å²) < 4.78 is 1.15. The minimum atomic E-state index is -1.82. The molecule has 0 aromatic heterocycles. The van der Waals surface area contributed by atoms with Crippen molar-refractivity contribution in [2.45, 2.75) is 6.54 Å². The highest BCUT2D eigenvalue weighted by Crippen LogP contribution is 2.21. The normalized spacial score (nSPS) is 13.5. The van der Waals surface area contributed by atoms with Crippen LogP contribution in [0, 0.1) is 0 Å². The van der Waals surface area contributed by atoms with Gasteiger partial charge in [0, 0.05) is 42.8 Å². The Bertz CT molecular complexity index is 1120. The number of rotatable bonds is 4. The quantitative estimate of drug-likeness (QED) is 0.495. The number of carboxylic acids is 2. The van der Waals surface area contributed by atoms with Crippen LogP contribution < -0.4 is 0 Å². The first kappa shape index (κ1) is 25.1. The monoisotopic (exact) mass is 524 g/mol. The number of hydrogen-bond acceptors (Lipinski definition) is 4. The molecule has 4 rings (SSSR count). The van der Waals surface area contributed by atoms with Crippen LogP contribution in [0.1, 0.15) is 15.9 Å². The fourth-order valence-electron chi connectivity index (χ4n) is 3.60. The number of aliphatic carboxylic acids is 2. The number of halogens is 1. The molecule has 3 aromatic carbocycles. The van der Waals surface area contributed by atoms with Gasteiger partial charge in [-0.2, -0.15) is 0 Å². The molecule has 0 atom stereocenters. The first-order valence-electron chi connectivity index (χ1n) is 10.7. The molecule has 0 aliphatic carbocycles. The van der Waals surface area contributed by atoms with Gasteiger partial charge in [-0.3, -0.25) is 9.69 Å². The van der Waals surface area contributed by atoms with E-state index in [0.29, 0.717) is 0 Å². The highest BCUT2D eigenvalue weighted by atomic mass is 79.9. The van der Waals surface area contributed by atoms with Crippen molar-refractivity contribution in [1.82, 2.24) is 9.80 Å². The summed E-state index contributed by atoms with van der Waals surface area (Å²) >= 11 is 3.62. The molecule has 1 heterocycles. The zero-order valence-corrected chi connectivity index (χ0v) is 20.0. The number of amides is 1. The molecule has 8 heteroatoms. The van der Waals surface area contributed by atoms with Gasteiger partial charge >= 0.3 is 11.9 Å². The zero-order chi connectivity index (χ0) is 24.5. The lowest BCUT2D eigenvalue weighted by atomic mass is 10.0. The van der Waals surface area contributed by atoms with Gasteiger partial charge in [0.25, 0.3) is 5.91 Å². The van der Waals surface area contributed by atoms with Crippen molar-refractivity contribution in [3.05, 3.63) is 94.5 Å². The maximum absolute atomic E-state index is 12.9. The Kier molecular flexibility index (Phi) is 8.95. The lowest BCUT2D eigenvalue weighted by molar-refractivity contribution is -0.159. The molecule has 1 aliphatic heterocycles. The van der Waals surface area contributed by atoms with E-state index in [1.165, 1.54) is 11.1 Å². The van der Waals surface area contributed by atoms with Gasteiger partial charge in [-0.05, 0) is 34.9 Å². The van der Waals surface area contributed by atoms with Crippen LogP contribution in [0.2, 0.25) is 0 Å². The third kappa shape index (κ3) is 7.00.